The number of rotatable bonds is 5. The van der Waals surface area contributed by atoms with Gasteiger partial charge in [0.25, 0.3) is 0 Å². The van der Waals surface area contributed by atoms with Crippen LogP contribution in [0.15, 0.2) is 24.3 Å². The first-order chi connectivity index (χ1) is 13.2. The van der Waals surface area contributed by atoms with Crippen molar-refractivity contribution in [2.24, 2.45) is 0 Å². The number of halogens is 4. The molecule has 0 radical (unpaired) electrons. The van der Waals surface area contributed by atoms with Gasteiger partial charge >= 0.3 is 6.18 Å². The fraction of sp³-hybridized carbons (Fsp3) is 0.500. The molecule has 1 aromatic heterocycles. The molecular weight excluding hydrogens is 397 g/mol. The second-order valence-electron chi connectivity index (χ2n) is 6.60. The highest BCUT2D eigenvalue weighted by Gasteiger charge is 2.38. The maximum Gasteiger partial charge on any atom is 0.436 e. The summed E-state index contributed by atoms with van der Waals surface area (Å²) in [5, 5.41) is 13.6. The highest BCUT2D eigenvalue weighted by Crippen LogP contribution is 2.35. The number of nitrogens with zero attached hydrogens (tertiary/aromatic N) is 4. The monoisotopic (exact) mass is 418 g/mol. The molecule has 1 fully saturated rings. The lowest BCUT2D eigenvalue weighted by Gasteiger charge is -2.38. The molecule has 0 saturated carbocycles. The van der Waals surface area contributed by atoms with Crippen molar-refractivity contribution in [3.63, 3.8) is 0 Å². The molecule has 0 spiro atoms. The molecule has 1 aliphatic rings. The van der Waals surface area contributed by atoms with Gasteiger partial charge in [-0.25, -0.2) is 0 Å². The largest absolute Gasteiger partial charge is 0.495 e. The minimum absolute atomic E-state index is 0.0870. The summed E-state index contributed by atoms with van der Waals surface area (Å²) < 4.78 is 45.4. The molecule has 28 heavy (non-hydrogen) atoms. The quantitative estimate of drug-likeness (QED) is 0.809. The zero-order valence-electron chi connectivity index (χ0n) is 15.6. The van der Waals surface area contributed by atoms with Crippen LogP contribution in [-0.4, -0.2) is 59.3 Å². The molecule has 1 unspecified atom stereocenters. The number of anilines is 1. The van der Waals surface area contributed by atoms with E-state index in [0.717, 1.165) is 16.1 Å². The highest BCUT2D eigenvalue weighted by atomic mass is 35.5. The second kappa shape index (κ2) is 8.18. The lowest BCUT2D eigenvalue weighted by atomic mass is 10.2. The van der Waals surface area contributed by atoms with Crippen LogP contribution in [0.2, 0.25) is 5.02 Å². The van der Waals surface area contributed by atoms with Crippen LogP contribution in [0.4, 0.5) is 18.9 Å². The molecule has 154 valence electrons. The molecule has 0 bridgehead atoms. The van der Waals surface area contributed by atoms with Crippen molar-refractivity contribution < 1.29 is 23.0 Å². The normalized spacial score (nSPS) is 17.0. The Morgan fingerprint density at radius 1 is 1.21 bits per heavy atom. The van der Waals surface area contributed by atoms with Gasteiger partial charge in [0.2, 0.25) is 0 Å². The summed E-state index contributed by atoms with van der Waals surface area (Å²) in [7, 11) is 1.62. The van der Waals surface area contributed by atoms with Crippen molar-refractivity contribution in [3.05, 3.63) is 40.7 Å². The van der Waals surface area contributed by atoms with Crippen molar-refractivity contribution in [1.82, 2.24) is 14.7 Å². The van der Waals surface area contributed by atoms with E-state index >= 15 is 0 Å². The number of aliphatic hydroxyl groups is 1. The van der Waals surface area contributed by atoms with Crippen molar-refractivity contribution in [3.8, 4) is 5.75 Å². The zero-order chi connectivity index (χ0) is 20.5. The molecular formula is C18H22ClF3N4O2. The van der Waals surface area contributed by atoms with Crippen LogP contribution in [0.5, 0.6) is 5.75 Å². The van der Waals surface area contributed by atoms with Gasteiger partial charge in [-0.2, -0.15) is 18.3 Å². The van der Waals surface area contributed by atoms with Gasteiger partial charge in [0, 0.05) is 26.2 Å². The number of piperazine rings is 1. The SMILES string of the molecule is COc1ccccc1N1CCN(C(O)Cn2nc(C(F)(F)F)c(Cl)c2C)CC1. The van der Waals surface area contributed by atoms with Gasteiger partial charge in [-0.15, -0.1) is 0 Å². The molecule has 2 aromatic rings. The first-order valence-electron chi connectivity index (χ1n) is 8.82. The minimum Gasteiger partial charge on any atom is -0.495 e. The highest BCUT2D eigenvalue weighted by molar-refractivity contribution is 6.31. The van der Waals surface area contributed by atoms with E-state index in [4.69, 9.17) is 16.3 Å². The Kier molecular flexibility index (Phi) is 6.07. The average Bonchev–Trinajstić information content (AvgIpc) is 2.96. The molecule has 1 aliphatic heterocycles. The Labute approximate surface area is 166 Å². The topological polar surface area (TPSA) is 53.8 Å². The summed E-state index contributed by atoms with van der Waals surface area (Å²) in [4.78, 5) is 3.97. The van der Waals surface area contributed by atoms with E-state index in [1.165, 1.54) is 6.92 Å². The standard InChI is InChI=1S/C18H22ClF3N4O2/c1-12-16(19)17(18(20,21)22)23-26(12)11-15(27)25-9-7-24(8-10-25)13-5-3-4-6-14(13)28-2/h3-6,15,27H,7-11H2,1-2H3. The third kappa shape index (κ3) is 4.21. The van der Waals surface area contributed by atoms with E-state index in [2.05, 4.69) is 10.00 Å². The molecule has 1 aromatic carbocycles. The summed E-state index contributed by atoms with van der Waals surface area (Å²) >= 11 is 5.77. The van der Waals surface area contributed by atoms with E-state index in [-0.39, 0.29) is 12.2 Å². The van der Waals surface area contributed by atoms with Crippen LogP contribution in [-0.2, 0) is 12.7 Å². The van der Waals surface area contributed by atoms with Crippen molar-refractivity contribution in [1.29, 1.82) is 0 Å². The van der Waals surface area contributed by atoms with Gasteiger partial charge in [0.15, 0.2) is 5.69 Å². The number of aromatic nitrogens is 2. The summed E-state index contributed by atoms with van der Waals surface area (Å²) in [6, 6.07) is 7.69. The number of hydrogen-bond acceptors (Lipinski definition) is 5. The van der Waals surface area contributed by atoms with Crippen molar-refractivity contribution in [2.75, 3.05) is 38.2 Å². The van der Waals surface area contributed by atoms with E-state index in [9.17, 15) is 18.3 Å². The van der Waals surface area contributed by atoms with Gasteiger partial charge in [-0.3, -0.25) is 9.58 Å². The third-order valence-electron chi connectivity index (χ3n) is 4.90. The fourth-order valence-electron chi connectivity index (χ4n) is 3.31. The molecule has 1 saturated heterocycles. The smallest absolute Gasteiger partial charge is 0.436 e. The number of alkyl halides is 3. The van der Waals surface area contributed by atoms with Crippen molar-refractivity contribution >= 4 is 17.3 Å². The van der Waals surface area contributed by atoms with E-state index in [1.54, 1.807) is 7.11 Å². The average molecular weight is 419 g/mol. The van der Waals surface area contributed by atoms with Crippen LogP contribution in [0.25, 0.3) is 0 Å². The summed E-state index contributed by atoms with van der Waals surface area (Å²) in [6.07, 6.45) is -5.59. The summed E-state index contributed by atoms with van der Waals surface area (Å²) in [5.41, 5.74) is 0.0317. The van der Waals surface area contributed by atoms with Crippen molar-refractivity contribution in [2.45, 2.75) is 25.9 Å². The molecule has 10 heteroatoms. The van der Waals surface area contributed by atoms with E-state index in [0.29, 0.717) is 26.2 Å². The predicted octanol–water partition coefficient (Wildman–Crippen LogP) is 3.01. The first-order valence-corrected chi connectivity index (χ1v) is 9.20. The minimum atomic E-state index is -4.63. The van der Waals surface area contributed by atoms with Gasteiger partial charge in [-0.05, 0) is 19.1 Å². The fourth-order valence-corrected chi connectivity index (χ4v) is 3.55. The Bertz CT molecular complexity index is 820. The maximum absolute atomic E-state index is 13.0. The number of ether oxygens (including phenoxy) is 1. The Morgan fingerprint density at radius 3 is 2.43 bits per heavy atom. The number of benzene rings is 1. The Balaban J connectivity index is 1.64. The number of hydrogen-bond donors (Lipinski definition) is 1. The van der Waals surface area contributed by atoms with Crippen LogP contribution in [0, 0.1) is 6.92 Å². The summed E-state index contributed by atoms with van der Waals surface area (Å²) in [6.45, 7) is 3.79. The Morgan fingerprint density at radius 2 is 1.86 bits per heavy atom. The summed E-state index contributed by atoms with van der Waals surface area (Å²) in [5.74, 6) is 0.776. The second-order valence-corrected chi connectivity index (χ2v) is 6.98. The number of methoxy groups -OCH3 is 1. The molecule has 0 aliphatic carbocycles. The molecule has 2 heterocycles. The predicted molar refractivity (Wildman–Crippen MR) is 99.8 cm³/mol. The van der Waals surface area contributed by atoms with E-state index in [1.807, 2.05) is 29.2 Å². The molecule has 3 rings (SSSR count). The first kappa shape index (κ1) is 20.8. The molecule has 6 nitrogen and oxygen atoms in total. The van der Waals surface area contributed by atoms with Gasteiger partial charge in [-0.1, -0.05) is 23.7 Å². The van der Waals surface area contributed by atoms with Gasteiger partial charge in [0.05, 0.1) is 30.1 Å². The van der Waals surface area contributed by atoms with Crippen LogP contribution >= 0.6 is 11.6 Å². The Hall–Kier alpha value is -1.97. The number of para-hydroxylation sites is 2. The lowest BCUT2D eigenvalue weighted by Crippen LogP contribution is -2.51. The van der Waals surface area contributed by atoms with Crippen LogP contribution < -0.4 is 9.64 Å². The zero-order valence-corrected chi connectivity index (χ0v) is 16.3. The molecule has 0 amide bonds. The van der Waals surface area contributed by atoms with Gasteiger partial charge in [0.1, 0.15) is 12.0 Å². The molecule has 1 atom stereocenters. The maximum atomic E-state index is 13.0. The van der Waals surface area contributed by atoms with Crippen LogP contribution in [0.1, 0.15) is 11.4 Å². The van der Waals surface area contributed by atoms with Crippen LogP contribution in [0.3, 0.4) is 0 Å². The van der Waals surface area contributed by atoms with E-state index < -0.39 is 23.1 Å². The third-order valence-corrected chi connectivity index (χ3v) is 5.35. The lowest BCUT2D eigenvalue weighted by molar-refractivity contribution is -0.141. The van der Waals surface area contributed by atoms with Gasteiger partial charge < -0.3 is 14.7 Å². The molecule has 1 N–H and O–H groups in total. The number of aliphatic hydroxyl groups excluding tert-OH is 1.